The maximum Gasteiger partial charge on any atom is 0.119 e. The maximum absolute atomic E-state index is 4.66. The fourth-order valence-corrected chi connectivity index (χ4v) is 2.13. The summed E-state index contributed by atoms with van der Waals surface area (Å²) < 4.78 is 0. The summed E-state index contributed by atoms with van der Waals surface area (Å²) in [6.07, 6.45) is 7.45. The molecule has 0 spiro atoms. The van der Waals surface area contributed by atoms with E-state index in [2.05, 4.69) is 63.8 Å². The van der Waals surface area contributed by atoms with Gasteiger partial charge in [-0.2, -0.15) is 0 Å². The van der Waals surface area contributed by atoms with Crippen LogP contribution in [-0.4, -0.2) is 18.4 Å². The highest BCUT2D eigenvalue weighted by Gasteiger charge is 2.37. The summed E-state index contributed by atoms with van der Waals surface area (Å²) >= 11 is 0. The second kappa shape index (κ2) is 6.89. The van der Waals surface area contributed by atoms with Gasteiger partial charge in [0.25, 0.3) is 0 Å². The normalized spacial score (nSPS) is 27.6. The fraction of sp³-hybridized carbons (Fsp3) is 0.688. The van der Waals surface area contributed by atoms with Gasteiger partial charge in [0.2, 0.25) is 0 Å². The Morgan fingerprint density at radius 3 is 2.50 bits per heavy atom. The van der Waals surface area contributed by atoms with Crippen molar-refractivity contribution in [2.24, 2.45) is 22.7 Å². The molecule has 1 heterocycles. The van der Waals surface area contributed by atoms with Crippen LogP contribution in [0.5, 0.6) is 0 Å². The third-order valence-electron chi connectivity index (χ3n) is 4.06. The van der Waals surface area contributed by atoms with Crippen molar-refractivity contribution >= 4 is 6.21 Å². The molecule has 3 unspecified atom stereocenters. The van der Waals surface area contributed by atoms with Gasteiger partial charge in [-0.3, -0.25) is 10.3 Å². The molecule has 1 saturated heterocycles. The van der Waals surface area contributed by atoms with Crippen molar-refractivity contribution < 1.29 is 0 Å². The summed E-state index contributed by atoms with van der Waals surface area (Å²) in [6.45, 7) is 15.0. The van der Waals surface area contributed by atoms with Crippen molar-refractivity contribution in [1.82, 2.24) is 5.32 Å². The molecule has 18 heavy (non-hydrogen) atoms. The second-order valence-electron chi connectivity index (χ2n) is 5.68. The average molecular weight is 248 g/mol. The molecule has 2 nitrogen and oxygen atoms in total. The topological polar surface area (TPSA) is 34.3 Å². The van der Waals surface area contributed by atoms with Crippen LogP contribution in [0.15, 0.2) is 29.3 Å². The van der Waals surface area contributed by atoms with E-state index in [0.717, 1.165) is 6.42 Å². The van der Waals surface area contributed by atoms with E-state index >= 15 is 0 Å². The molecule has 0 bridgehead atoms. The Kier molecular flexibility index (Phi) is 5.80. The maximum atomic E-state index is 4.66. The van der Waals surface area contributed by atoms with Gasteiger partial charge in [-0.15, -0.1) is 0 Å². The lowest BCUT2D eigenvalue weighted by molar-refractivity contribution is 0.362. The molecular formula is C16H28N2. The van der Waals surface area contributed by atoms with Crippen molar-refractivity contribution in [3.05, 3.63) is 24.3 Å². The van der Waals surface area contributed by atoms with Gasteiger partial charge >= 0.3 is 0 Å². The molecule has 1 N–H and O–H groups in total. The van der Waals surface area contributed by atoms with E-state index in [9.17, 15) is 0 Å². The number of allylic oxidation sites excluding steroid dienone is 2. The predicted molar refractivity (Wildman–Crippen MR) is 80.9 cm³/mol. The first-order valence-corrected chi connectivity index (χ1v) is 7.12. The standard InChI is InChI=1S/C16H28N2/c1-7-9-14(8-2)15-16(18-15)17-10-12(5)13(6)11(3)4/h7,9-13,15-16,18H,1,8H2,2-6H3/b14-9+,17-10+/t12?,13-,15?,16?/m1/s1. The molecular weight excluding hydrogens is 220 g/mol. The molecule has 1 aliphatic heterocycles. The third-order valence-corrected chi connectivity index (χ3v) is 4.06. The van der Waals surface area contributed by atoms with E-state index in [0.29, 0.717) is 23.8 Å². The van der Waals surface area contributed by atoms with Crippen LogP contribution in [0.1, 0.15) is 41.0 Å². The number of aliphatic imine (C=N–C) groups is 1. The number of nitrogens with zero attached hydrogens (tertiary/aromatic N) is 1. The molecule has 1 aliphatic rings. The van der Waals surface area contributed by atoms with Crippen LogP contribution in [0.2, 0.25) is 0 Å². The van der Waals surface area contributed by atoms with Gasteiger partial charge in [-0.25, -0.2) is 0 Å². The second-order valence-corrected chi connectivity index (χ2v) is 5.68. The lowest BCUT2D eigenvalue weighted by Gasteiger charge is -2.19. The molecule has 0 aromatic rings. The highest BCUT2D eigenvalue weighted by atomic mass is 15.3. The summed E-state index contributed by atoms with van der Waals surface area (Å²) in [5.41, 5.74) is 1.40. The minimum atomic E-state index is 0.290. The molecule has 0 radical (unpaired) electrons. The zero-order chi connectivity index (χ0) is 13.7. The van der Waals surface area contributed by atoms with Crippen LogP contribution in [-0.2, 0) is 0 Å². The Morgan fingerprint density at radius 2 is 2.00 bits per heavy atom. The minimum Gasteiger partial charge on any atom is -0.284 e. The molecule has 0 amide bonds. The highest BCUT2D eigenvalue weighted by Crippen LogP contribution is 2.24. The fourth-order valence-electron chi connectivity index (χ4n) is 2.13. The SMILES string of the molecule is C=C/C=C(\CC)C1NC1/N=C/C(C)[C@H](C)C(C)C. The van der Waals surface area contributed by atoms with Crippen LogP contribution < -0.4 is 5.32 Å². The summed E-state index contributed by atoms with van der Waals surface area (Å²) in [4.78, 5) is 4.66. The van der Waals surface area contributed by atoms with E-state index in [4.69, 9.17) is 0 Å². The monoisotopic (exact) mass is 248 g/mol. The first-order valence-electron chi connectivity index (χ1n) is 7.12. The largest absolute Gasteiger partial charge is 0.284 e. The molecule has 1 fully saturated rings. The van der Waals surface area contributed by atoms with E-state index in [-0.39, 0.29) is 6.17 Å². The van der Waals surface area contributed by atoms with E-state index in [1.807, 2.05) is 6.08 Å². The molecule has 102 valence electrons. The van der Waals surface area contributed by atoms with Crippen molar-refractivity contribution in [3.63, 3.8) is 0 Å². The zero-order valence-electron chi connectivity index (χ0n) is 12.5. The predicted octanol–water partition coefficient (Wildman–Crippen LogP) is 3.81. The highest BCUT2D eigenvalue weighted by molar-refractivity contribution is 5.61. The Labute approximate surface area is 112 Å². The van der Waals surface area contributed by atoms with Gasteiger partial charge in [0.05, 0.1) is 6.04 Å². The molecule has 0 saturated carbocycles. The third kappa shape index (κ3) is 4.09. The number of hydrogen-bond acceptors (Lipinski definition) is 2. The van der Waals surface area contributed by atoms with Crippen molar-refractivity contribution in [1.29, 1.82) is 0 Å². The van der Waals surface area contributed by atoms with Crippen molar-refractivity contribution in [3.8, 4) is 0 Å². The molecule has 1 rings (SSSR count). The Bertz CT molecular complexity index is 328. The Morgan fingerprint density at radius 1 is 1.33 bits per heavy atom. The van der Waals surface area contributed by atoms with Gasteiger partial charge in [-0.1, -0.05) is 58.9 Å². The average Bonchev–Trinajstić information content (AvgIpc) is 3.11. The van der Waals surface area contributed by atoms with Crippen molar-refractivity contribution in [2.75, 3.05) is 0 Å². The zero-order valence-corrected chi connectivity index (χ0v) is 12.5. The summed E-state index contributed by atoms with van der Waals surface area (Å²) in [5, 5.41) is 3.41. The summed E-state index contributed by atoms with van der Waals surface area (Å²) in [6, 6.07) is 0.436. The van der Waals surface area contributed by atoms with Crippen LogP contribution >= 0.6 is 0 Å². The first kappa shape index (κ1) is 15.2. The number of nitrogens with one attached hydrogen (secondary N) is 1. The summed E-state index contributed by atoms with van der Waals surface area (Å²) in [5.74, 6) is 1.93. The molecule has 4 atom stereocenters. The molecule has 2 heteroatoms. The van der Waals surface area contributed by atoms with Gasteiger partial charge in [-0.05, 0) is 24.2 Å². The van der Waals surface area contributed by atoms with Gasteiger partial charge in [0.15, 0.2) is 0 Å². The van der Waals surface area contributed by atoms with Crippen LogP contribution in [0.4, 0.5) is 0 Å². The quantitative estimate of drug-likeness (QED) is 0.415. The van der Waals surface area contributed by atoms with Gasteiger partial charge < -0.3 is 0 Å². The van der Waals surface area contributed by atoms with E-state index in [1.54, 1.807) is 0 Å². The van der Waals surface area contributed by atoms with E-state index < -0.39 is 0 Å². The van der Waals surface area contributed by atoms with Crippen LogP contribution in [0.3, 0.4) is 0 Å². The Balaban J connectivity index is 2.47. The van der Waals surface area contributed by atoms with E-state index in [1.165, 1.54) is 5.57 Å². The van der Waals surface area contributed by atoms with Crippen LogP contribution in [0, 0.1) is 17.8 Å². The number of rotatable bonds is 7. The molecule has 0 aromatic heterocycles. The van der Waals surface area contributed by atoms with Gasteiger partial charge in [0, 0.05) is 6.21 Å². The lowest BCUT2D eigenvalue weighted by Crippen LogP contribution is -2.15. The minimum absolute atomic E-state index is 0.290. The smallest absolute Gasteiger partial charge is 0.119 e. The Hall–Kier alpha value is -0.890. The van der Waals surface area contributed by atoms with Crippen molar-refractivity contribution in [2.45, 2.75) is 53.2 Å². The number of hydrogen-bond donors (Lipinski definition) is 1. The lowest BCUT2D eigenvalue weighted by atomic mass is 9.87. The summed E-state index contributed by atoms with van der Waals surface area (Å²) in [7, 11) is 0. The molecule has 0 aliphatic carbocycles. The first-order chi connectivity index (χ1) is 8.51. The van der Waals surface area contributed by atoms with Crippen LogP contribution in [0.25, 0.3) is 0 Å². The van der Waals surface area contributed by atoms with Gasteiger partial charge in [0.1, 0.15) is 6.17 Å². The molecule has 0 aromatic carbocycles.